The Labute approximate surface area is 186 Å². The number of anilines is 2. The highest BCUT2D eigenvalue weighted by molar-refractivity contribution is 7.92. The van der Waals surface area contributed by atoms with E-state index >= 15 is 0 Å². The van der Waals surface area contributed by atoms with Gasteiger partial charge in [0.15, 0.2) is 0 Å². The van der Waals surface area contributed by atoms with Gasteiger partial charge in [-0.1, -0.05) is 49.2 Å². The minimum Gasteiger partial charge on any atom is -0.352 e. The van der Waals surface area contributed by atoms with E-state index in [1.807, 2.05) is 13.8 Å². The predicted molar refractivity (Wildman–Crippen MR) is 121 cm³/mol. The van der Waals surface area contributed by atoms with Gasteiger partial charge in [-0.2, -0.15) is 0 Å². The number of para-hydroxylation sites is 1. The summed E-state index contributed by atoms with van der Waals surface area (Å²) in [5.41, 5.74) is 0.636. The molecule has 0 aromatic heterocycles. The van der Waals surface area contributed by atoms with Crippen LogP contribution >= 0.6 is 23.2 Å². The Balaban J connectivity index is 2.25. The van der Waals surface area contributed by atoms with Gasteiger partial charge in [-0.15, -0.1) is 0 Å². The summed E-state index contributed by atoms with van der Waals surface area (Å²) in [6.07, 6.45) is 0.963. The van der Waals surface area contributed by atoms with E-state index in [0.29, 0.717) is 6.54 Å². The second kappa shape index (κ2) is 10.1. The van der Waals surface area contributed by atoms with E-state index in [1.54, 1.807) is 24.3 Å². The first-order valence-corrected chi connectivity index (χ1v) is 11.7. The molecule has 0 fully saturated rings. The van der Waals surface area contributed by atoms with Gasteiger partial charge in [-0.25, -0.2) is 8.42 Å². The number of nitrogens with zero attached hydrogens (tertiary/aromatic N) is 1. The molecule has 0 bridgehead atoms. The quantitative estimate of drug-likeness (QED) is 0.611. The number of halogens is 2. The maximum atomic E-state index is 12.7. The molecule has 0 heterocycles. The normalized spacial score (nSPS) is 11.3. The van der Waals surface area contributed by atoms with Crippen LogP contribution in [0, 0.1) is 5.92 Å². The maximum absolute atomic E-state index is 12.7. The van der Waals surface area contributed by atoms with E-state index in [-0.39, 0.29) is 38.8 Å². The average Bonchev–Trinajstić information content (AvgIpc) is 2.66. The zero-order valence-electron chi connectivity index (χ0n) is 16.8. The molecule has 0 unspecified atom stereocenters. The minimum absolute atomic E-state index is 0.0878. The maximum Gasteiger partial charge on any atom is 0.253 e. The summed E-state index contributed by atoms with van der Waals surface area (Å²) in [5, 5.41) is 5.80. The summed E-state index contributed by atoms with van der Waals surface area (Å²) in [4.78, 5) is 25.1. The molecule has 2 amide bonds. The van der Waals surface area contributed by atoms with Crippen LogP contribution in [-0.2, 0) is 14.8 Å². The number of carbonyl (C=O) groups excluding carboxylic acids is 2. The molecule has 0 aliphatic heterocycles. The fourth-order valence-corrected chi connectivity index (χ4v) is 3.86. The van der Waals surface area contributed by atoms with Crippen LogP contribution in [0.15, 0.2) is 42.5 Å². The van der Waals surface area contributed by atoms with Crippen molar-refractivity contribution in [1.82, 2.24) is 5.32 Å². The fourth-order valence-electron chi connectivity index (χ4n) is 2.56. The molecular weight excluding hydrogens is 449 g/mol. The van der Waals surface area contributed by atoms with Gasteiger partial charge >= 0.3 is 0 Å². The van der Waals surface area contributed by atoms with E-state index < -0.39 is 22.5 Å². The van der Waals surface area contributed by atoms with E-state index in [0.717, 1.165) is 10.6 Å². The topological polar surface area (TPSA) is 95.6 Å². The minimum atomic E-state index is -3.84. The smallest absolute Gasteiger partial charge is 0.253 e. The van der Waals surface area contributed by atoms with E-state index in [2.05, 4.69) is 10.6 Å². The Kier molecular flexibility index (Phi) is 8.11. The first-order chi connectivity index (χ1) is 14.0. The molecule has 7 nitrogen and oxygen atoms in total. The lowest BCUT2D eigenvalue weighted by Crippen LogP contribution is -2.38. The third-order valence-corrected chi connectivity index (χ3v) is 5.66. The van der Waals surface area contributed by atoms with Crippen LogP contribution in [0.25, 0.3) is 0 Å². The van der Waals surface area contributed by atoms with Crippen molar-refractivity contribution in [1.29, 1.82) is 0 Å². The van der Waals surface area contributed by atoms with E-state index in [4.69, 9.17) is 23.2 Å². The Hall–Kier alpha value is -2.29. The average molecular weight is 472 g/mol. The number of nitrogens with one attached hydrogen (secondary N) is 2. The molecule has 10 heteroatoms. The van der Waals surface area contributed by atoms with Crippen LogP contribution < -0.4 is 14.9 Å². The van der Waals surface area contributed by atoms with Crippen LogP contribution in [0.2, 0.25) is 10.0 Å². The van der Waals surface area contributed by atoms with Gasteiger partial charge in [0.25, 0.3) is 5.91 Å². The molecule has 0 radical (unpaired) electrons. The van der Waals surface area contributed by atoms with Gasteiger partial charge < -0.3 is 10.6 Å². The second-order valence-corrected chi connectivity index (χ2v) is 9.81. The lowest BCUT2D eigenvalue weighted by atomic mass is 10.1. The van der Waals surface area contributed by atoms with Crippen molar-refractivity contribution in [2.24, 2.45) is 5.92 Å². The SMILES string of the molecule is CC(C)CNC(=O)c1ccccc1NC(=O)CN(c1cc(Cl)ccc1Cl)S(C)(=O)=O. The number of benzene rings is 2. The van der Waals surface area contributed by atoms with Crippen molar-refractivity contribution in [3.8, 4) is 0 Å². The molecule has 0 atom stereocenters. The number of amides is 2. The number of hydrogen-bond donors (Lipinski definition) is 2. The molecule has 2 aromatic carbocycles. The third-order valence-electron chi connectivity index (χ3n) is 3.98. The van der Waals surface area contributed by atoms with Crippen molar-refractivity contribution in [3.05, 3.63) is 58.1 Å². The largest absolute Gasteiger partial charge is 0.352 e. The molecular formula is C20H23Cl2N3O4S. The highest BCUT2D eigenvalue weighted by atomic mass is 35.5. The summed E-state index contributed by atoms with van der Waals surface area (Å²) in [7, 11) is -3.84. The number of hydrogen-bond acceptors (Lipinski definition) is 4. The number of carbonyl (C=O) groups is 2. The van der Waals surface area contributed by atoms with Gasteiger partial charge in [-0.3, -0.25) is 13.9 Å². The molecule has 162 valence electrons. The predicted octanol–water partition coefficient (Wildman–Crippen LogP) is 3.78. The third kappa shape index (κ3) is 6.62. The summed E-state index contributed by atoms with van der Waals surface area (Å²) in [6, 6.07) is 10.8. The fraction of sp³-hybridized carbons (Fsp3) is 0.300. The zero-order chi connectivity index (χ0) is 22.5. The Morgan fingerprint density at radius 3 is 2.40 bits per heavy atom. The summed E-state index contributed by atoms with van der Waals surface area (Å²) < 4.78 is 25.4. The van der Waals surface area contributed by atoms with Crippen LogP contribution in [0.3, 0.4) is 0 Å². The standard InChI is InChI=1S/C20H23Cl2N3O4S/c1-13(2)11-23-20(27)15-6-4-5-7-17(15)24-19(26)12-25(30(3,28)29)18-10-14(21)8-9-16(18)22/h4-10,13H,11-12H2,1-3H3,(H,23,27)(H,24,26). The van der Waals surface area contributed by atoms with Gasteiger partial charge in [0.1, 0.15) is 6.54 Å². The van der Waals surface area contributed by atoms with Crippen LogP contribution in [-0.4, -0.2) is 39.6 Å². The molecule has 2 rings (SSSR count). The van der Waals surface area contributed by atoms with Crippen LogP contribution in [0.4, 0.5) is 11.4 Å². The lowest BCUT2D eigenvalue weighted by molar-refractivity contribution is -0.114. The second-order valence-electron chi connectivity index (χ2n) is 7.06. The van der Waals surface area contributed by atoms with E-state index in [1.165, 1.54) is 18.2 Å². The molecule has 30 heavy (non-hydrogen) atoms. The summed E-state index contributed by atoms with van der Waals surface area (Å²) in [6.45, 7) is 3.88. The molecule has 0 aliphatic rings. The first kappa shape index (κ1) is 24.0. The van der Waals surface area contributed by atoms with Gasteiger partial charge in [0.2, 0.25) is 15.9 Å². The first-order valence-electron chi connectivity index (χ1n) is 9.09. The van der Waals surface area contributed by atoms with Crippen molar-refractivity contribution in [2.45, 2.75) is 13.8 Å². The number of sulfonamides is 1. The monoisotopic (exact) mass is 471 g/mol. The zero-order valence-corrected chi connectivity index (χ0v) is 19.1. The van der Waals surface area contributed by atoms with Crippen molar-refractivity contribution in [3.63, 3.8) is 0 Å². The van der Waals surface area contributed by atoms with Gasteiger partial charge in [-0.05, 0) is 36.2 Å². The highest BCUT2D eigenvalue weighted by Gasteiger charge is 2.24. The molecule has 2 aromatic rings. The van der Waals surface area contributed by atoms with Crippen LogP contribution in [0.5, 0.6) is 0 Å². The van der Waals surface area contributed by atoms with Gasteiger partial charge in [0.05, 0.1) is 28.2 Å². The molecule has 0 spiro atoms. The number of rotatable bonds is 8. The highest BCUT2D eigenvalue weighted by Crippen LogP contribution is 2.30. The van der Waals surface area contributed by atoms with Crippen LogP contribution in [0.1, 0.15) is 24.2 Å². The van der Waals surface area contributed by atoms with E-state index in [9.17, 15) is 18.0 Å². The van der Waals surface area contributed by atoms with Crippen molar-refractivity contribution < 1.29 is 18.0 Å². The Bertz CT molecular complexity index is 1040. The molecule has 2 N–H and O–H groups in total. The Morgan fingerprint density at radius 1 is 1.10 bits per heavy atom. The Morgan fingerprint density at radius 2 is 1.77 bits per heavy atom. The summed E-state index contributed by atoms with van der Waals surface area (Å²) in [5.74, 6) is -0.709. The lowest BCUT2D eigenvalue weighted by Gasteiger charge is -2.23. The van der Waals surface area contributed by atoms with Crippen molar-refractivity contribution in [2.75, 3.05) is 29.0 Å². The molecule has 0 saturated heterocycles. The van der Waals surface area contributed by atoms with Gasteiger partial charge in [0, 0.05) is 11.6 Å². The molecule has 0 aliphatic carbocycles. The summed E-state index contributed by atoms with van der Waals surface area (Å²) >= 11 is 12.1. The van der Waals surface area contributed by atoms with Crippen molar-refractivity contribution >= 4 is 56.4 Å². The molecule has 0 saturated carbocycles.